The van der Waals surface area contributed by atoms with E-state index in [9.17, 15) is 9.59 Å². The Morgan fingerprint density at radius 1 is 1.67 bits per heavy atom. The number of nitrogens with zero attached hydrogens (tertiary/aromatic N) is 1. The zero-order valence-electron chi connectivity index (χ0n) is 6.94. The van der Waals surface area contributed by atoms with Gasteiger partial charge in [0.15, 0.2) is 0 Å². The Bertz CT molecular complexity index is 186. The molecule has 0 rings (SSSR count). The maximum absolute atomic E-state index is 10.5. The van der Waals surface area contributed by atoms with E-state index in [1.165, 1.54) is 19.0 Å². The summed E-state index contributed by atoms with van der Waals surface area (Å²) in [7, 11) is 1.48. The molecule has 0 spiro atoms. The first-order valence-electron chi connectivity index (χ1n) is 3.32. The van der Waals surface area contributed by atoms with Gasteiger partial charge in [-0.25, -0.2) is 5.01 Å². The van der Waals surface area contributed by atoms with Crippen molar-refractivity contribution >= 4 is 24.5 Å². The molecule has 1 atom stereocenters. The molecule has 0 aliphatic heterocycles. The number of hydrazine groups is 1. The summed E-state index contributed by atoms with van der Waals surface area (Å²) in [5.74, 6) is -1.17. The lowest BCUT2D eigenvalue weighted by molar-refractivity contribution is -0.144. The molecular weight excluding hydrogens is 180 g/mol. The summed E-state index contributed by atoms with van der Waals surface area (Å²) in [5, 5.41) is 9.83. The highest BCUT2D eigenvalue weighted by atomic mass is 32.1. The van der Waals surface area contributed by atoms with Crippen LogP contribution in [0.2, 0.25) is 0 Å². The molecule has 1 amide bonds. The van der Waals surface area contributed by atoms with Crippen molar-refractivity contribution in [3.05, 3.63) is 0 Å². The monoisotopic (exact) mass is 192 g/mol. The molecule has 70 valence electrons. The summed E-state index contributed by atoms with van der Waals surface area (Å²) in [6.07, 6.45) is 0. The molecule has 0 unspecified atom stereocenters. The van der Waals surface area contributed by atoms with Crippen molar-refractivity contribution in [2.75, 3.05) is 12.8 Å². The fourth-order valence-electron chi connectivity index (χ4n) is 0.692. The van der Waals surface area contributed by atoms with E-state index in [1.807, 2.05) is 0 Å². The molecule has 2 N–H and O–H groups in total. The molecule has 0 radical (unpaired) electrons. The number of rotatable bonds is 4. The number of carbonyl (C=O) groups excluding carboxylic acids is 1. The van der Waals surface area contributed by atoms with Crippen LogP contribution in [-0.2, 0) is 9.59 Å². The molecule has 0 bridgehead atoms. The van der Waals surface area contributed by atoms with Crippen LogP contribution in [0.1, 0.15) is 6.92 Å². The molecule has 0 aliphatic carbocycles. The summed E-state index contributed by atoms with van der Waals surface area (Å²) in [5.41, 5.74) is 2.34. The normalized spacial score (nSPS) is 12.7. The van der Waals surface area contributed by atoms with E-state index in [0.29, 0.717) is 0 Å². The highest BCUT2D eigenvalue weighted by Gasteiger charge is 2.21. The van der Waals surface area contributed by atoms with E-state index < -0.39 is 12.0 Å². The smallest absolute Gasteiger partial charge is 0.323 e. The first-order chi connectivity index (χ1) is 5.49. The van der Waals surface area contributed by atoms with Crippen LogP contribution in [-0.4, -0.2) is 40.8 Å². The van der Waals surface area contributed by atoms with Gasteiger partial charge in [0.25, 0.3) is 0 Å². The highest BCUT2D eigenvalue weighted by molar-refractivity contribution is 7.80. The van der Waals surface area contributed by atoms with Gasteiger partial charge in [-0.3, -0.25) is 15.0 Å². The predicted molar refractivity (Wildman–Crippen MR) is 46.9 cm³/mol. The lowest BCUT2D eigenvalue weighted by Gasteiger charge is -2.22. The van der Waals surface area contributed by atoms with Crippen molar-refractivity contribution < 1.29 is 14.7 Å². The second kappa shape index (κ2) is 5.00. The maximum Gasteiger partial charge on any atom is 0.323 e. The van der Waals surface area contributed by atoms with Gasteiger partial charge >= 0.3 is 5.97 Å². The Morgan fingerprint density at radius 3 is 2.42 bits per heavy atom. The maximum atomic E-state index is 10.5. The number of carbonyl (C=O) groups is 2. The van der Waals surface area contributed by atoms with Crippen LogP contribution in [0.15, 0.2) is 0 Å². The standard InChI is InChI=1S/C6H12N2O3S/c1-4(9)7-8(2)5(3-12)6(10)11/h5,12H,3H2,1-2H3,(H,7,9)(H,10,11)/t5-/m0/s1. The second-order valence-corrected chi connectivity index (χ2v) is 2.68. The van der Waals surface area contributed by atoms with Crippen LogP contribution < -0.4 is 5.43 Å². The van der Waals surface area contributed by atoms with Crippen LogP contribution in [0.25, 0.3) is 0 Å². The van der Waals surface area contributed by atoms with Crippen LogP contribution in [0, 0.1) is 0 Å². The molecule has 0 aromatic carbocycles. The third kappa shape index (κ3) is 3.59. The Balaban J connectivity index is 4.11. The van der Waals surface area contributed by atoms with E-state index in [1.54, 1.807) is 0 Å². The zero-order valence-corrected chi connectivity index (χ0v) is 7.84. The Labute approximate surface area is 76.1 Å². The molecule has 0 saturated carbocycles. The molecule has 0 heterocycles. The number of aliphatic carboxylic acids is 1. The fraction of sp³-hybridized carbons (Fsp3) is 0.667. The summed E-state index contributed by atoms with van der Waals surface area (Å²) < 4.78 is 0. The van der Waals surface area contributed by atoms with E-state index in [-0.39, 0.29) is 11.7 Å². The summed E-state index contributed by atoms with van der Waals surface area (Å²) in [6, 6.07) is -0.794. The molecule has 0 aliphatic rings. The molecule has 0 aromatic rings. The first-order valence-corrected chi connectivity index (χ1v) is 3.96. The second-order valence-electron chi connectivity index (χ2n) is 2.32. The van der Waals surface area contributed by atoms with Crippen LogP contribution in [0.5, 0.6) is 0 Å². The molecule has 0 aromatic heterocycles. The van der Waals surface area contributed by atoms with E-state index >= 15 is 0 Å². The van der Waals surface area contributed by atoms with Crippen molar-refractivity contribution in [1.29, 1.82) is 0 Å². The van der Waals surface area contributed by atoms with Crippen molar-refractivity contribution in [2.45, 2.75) is 13.0 Å². The third-order valence-electron chi connectivity index (χ3n) is 1.26. The topological polar surface area (TPSA) is 69.6 Å². The van der Waals surface area contributed by atoms with Gasteiger partial charge < -0.3 is 5.11 Å². The van der Waals surface area contributed by atoms with Crippen LogP contribution >= 0.6 is 12.6 Å². The molecule has 12 heavy (non-hydrogen) atoms. The number of hydrogen-bond donors (Lipinski definition) is 3. The van der Waals surface area contributed by atoms with Crippen molar-refractivity contribution in [3.63, 3.8) is 0 Å². The minimum Gasteiger partial charge on any atom is -0.480 e. The van der Waals surface area contributed by atoms with E-state index in [4.69, 9.17) is 5.11 Å². The molecule has 0 saturated heterocycles. The third-order valence-corrected chi connectivity index (χ3v) is 1.61. The Morgan fingerprint density at radius 2 is 2.17 bits per heavy atom. The van der Waals surface area contributed by atoms with Gasteiger partial charge in [0.1, 0.15) is 6.04 Å². The summed E-state index contributed by atoms with van der Waals surface area (Å²) in [4.78, 5) is 21.0. The number of carboxylic acids is 1. The Kier molecular flexibility index (Phi) is 4.68. The average Bonchev–Trinajstić information content (AvgIpc) is 1.85. The van der Waals surface area contributed by atoms with Crippen molar-refractivity contribution in [2.24, 2.45) is 0 Å². The summed E-state index contributed by atoms with van der Waals surface area (Å²) >= 11 is 3.84. The average molecular weight is 192 g/mol. The number of likely N-dealkylation sites (N-methyl/N-ethyl adjacent to an activating group) is 1. The van der Waals surface area contributed by atoms with Gasteiger partial charge in [-0.05, 0) is 0 Å². The van der Waals surface area contributed by atoms with Gasteiger partial charge in [-0.2, -0.15) is 12.6 Å². The summed E-state index contributed by atoms with van der Waals surface area (Å²) in [6.45, 7) is 1.31. The molecule has 6 heteroatoms. The predicted octanol–water partition coefficient (Wildman–Crippen LogP) is -0.648. The molecule has 0 fully saturated rings. The van der Waals surface area contributed by atoms with Gasteiger partial charge in [-0.1, -0.05) is 0 Å². The molecular formula is C6H12N2O3S. The first kappa shape index (κ1) is 11.2. The van der Waals surface area contributed by atoms with Gasteiger partial charge in [0.2, 0.25) is 5.91 Å². The number of carboxylic acid groups (broad SMARTS) is 1. The van der Waals surface area contributed by atoms with Crippen LogP contribution in [0.3, 0.4) is 0 Å². The lowest BCUT2D eigenvalue weighted by atomic mass is 10.3. The van der Waals surface area contributed by atoms with Crippen molar-refractivity contribution in [1.82, 2.24) is 10.4 Å². The number of thiol groups is 1. The van der Waals surface area contributed by atoms with Gasteiger partial charge in [0, 0.05) is 19.7 Å². The van der Waals surface area contributed by atoms with Crippen molar-refractivity contribution in [3.8, 4) is 0 Å². The number of hydrogen-bond acceptors (Lipinski definition) is 4. The Hall–Kier alpha value is -0.750. The largest absolute Gasteiger partial charge is 0.480 e. The fourth-order valence-corrected chi connectivity index (χ4v) is 1.09. The number of nitrogens with one attached hydrogen (secondary N) is 1. The SMILES string of the molecule is CC(=O)NN(C)[C@@H](CS)C(=O)O. The van der Waals surface area contributed by atoms with Gasteiger partial charge in [-0.15, -0.1) is 0 Å². The van der Waals surface area contributed by atoms with E-state index in [2.05, 4.69) is 18.1 Å². The molecule has 5 nitrogen and oxygen atoms in total. The quantitative estimate of drug-likeness (QED) is 0.409. The lowest BCUT2D eigenvalue weighted by Crippen LogP contribution is -2.49. The highest BCUT2D eigenvalue weighted by Crippen LogP contribution is 1.95. The minimum atomic E-state index is -1.01. The number of amides is 1. The zero-order chi connectivity index (χ0) is 9.72. The van der Waals surface area contributed by atoms with E-state index in [0.717, 1.165) is 0 Å². The van der Waals surface area contributed by atoms with Gasteiger partial charge in [0.05, 0.1) is 0 Å². The van der Waals surface area contributed by atoms with Crippen LogP contribution in [0.4, 0.5) is 0 Å². The minimum absolute atomic E-state index is 0.145.